The minimum absolute atomic E-state index is 0.423. The van der Waals surface area contributed by atoms with Crippen LogP contribution in [0.25, 0.3) is 33.4 Å². The highest BCUT2D eigenvalue weighted by atomic mass is 14.9. The number of hydrogen-bond acceptors (Lipinski definition) is 1. The predicted molar refractivity (Wildman–Crippen MR) is 236 cm³/mol. The first kappa shape index (κ1) is 33.1. The molecule has 0 aromatic heterocycles. The average Bonchev–Trinajstić information content (AvgIpc) is 3.76. The van der Waals surface area contributed by atoms with E-state index < -0.39 is 10.8 Å². The third-order valence-electron chi connectivity index (χ3n) is 12.4. The van der Waals surface area contributed by atoms with E-state index in [4.69, 9.17) is 0 Å². The van der Waals surface area contributed by atoms with Crippen LogP contribution in [0.5, 0.6) is 0 Å². The van der Waals surface area contributed by atoms with Crippen LogP contribution in [0.3, 0.4) is 0 Å². The van der Waals surface area contributed by atoms with E-state index in [1.54, 1.807) is 0 Å². The van der Waals surface area contributed by atoms with Gasteiger partial charge in [0.2, 0.25) is 0 Å². The Morgan fingerprint density at radius 3 is 1.07 bits per heavy atom. The number of nitrogens with one attached hydrogen (secondary N) is 1. The molecule has 0 heterocycles. The van der Waals surface area contributed by atoms with Crippen LogP contribution in [0.15, 0.2) is 231 Å². The summed E-state index contributed by atoms with van der Waals surface area (Å²) in [6, 6.07) is 84.7. The fourth-order valence-electron chi connectivity index (χ4n) is 10.1. The summed E-state index contributed by atoms with van der Waals surface area (Å²) in [5, 5.41) is 3.79. The van der Waals surface area contributed by atoms with Gasteiger partial charge in [-0.1, -0.05) is 200 Å². The van der Waals surface area contributed by atoms with E-state index in [0.29, 0.717) is 0 Å². The lowest BCUT2D eigenvalue weighted by molar-refractivity contribution is 0.769. The zero-order valence-corrected chi connectivity index (χ0v) is 31.4. The third kappa shape index (κ3) is 4.95. The van der Waals surface area contributed by atoms with Crippen LogP contribution in [-0.2, 0) is 10.8 Å². The Morgan fingerprint density at radius 1 is 0.246 bits per heavy atom. The molecule has 2 aliphatic rings. The van der Waals surface area contributed by atoms with Gasteiger partial charge in [0.05, 0.1) is 10.8 Å². The largest absolute Gasteiger partial charge is 0.356 e. The number of hydrogen-bond donors (Lipinski definition) is 1. The van der Waals surface area contributed by atoms with Gasteiger partial charge in [0.15, 0.2) is 0 Å². The molecule has 0 saturated carbocycles. The third-order valence-corrected chi connectivity index (χ3v) is 12.4. The van der Waals surface area contributed by atoms with Crippen molar-refractivity contribution in [3.05, 3.63) is 275 Å². The summed E-state index contributed by atoms with van der Waals surface area (Å²) in [6.45, 7) is 0. The molecule has 0 aliphatic heterocycles. The lowest BCUT2D eigenvalue weighted by Gasteiger charge is -2.34. The monoisotopic (exact) mass is 725 g/mol. The van der Waals surface area contributed by atoms with Crippen LogP contribution in [0.2, 0.25) is 0 Å². The highest BCUT2D eigenvalue weighted by Crippen LogP contribution is 2.58. The maximum Gasteiger partial charge on any atom is 0.0714 e. The molecule has 0 spiro atoms. The Kier molecular flexibility index (Phi) is 7.69. The summed E-state index contributed by atoms with van der Waals surface area (Å²) >= 11 is 0. The minimum Gasteiger partial charge on any atom is -0.356 e. The molecular formula is C56H39N. The highest BCUT2D eigenvalue weighted by Gasteiger charge is 2.47. The van der Waals surface area contributed by atoms with Gasteiger partial charge < -0.3 is 5.32 Å². The number of fused-ring (bicyclic) bond motifs is 6. The molecule has 9 aromatic rings. The van der Waals surface area contributed by atoms with Crippen molar-refractivity contribution in [3.8, 4) is 33.4 Å². The van der Waals surface area contributed by atoms with Crippen LogP contribution in [0, 0.1) is 0 Å². The smallest absolute Gasteiger partial charge is 0.0714 e. The second-order valence-electron chi connectivity index (χ2n) is 15.3. The van der Waals surface area contributed by atoms with Gasteiger partial charge in [-0.05, 0) is 108 Å². The van der Waals surface area contributed by atoms with Crippen LogP contribution >= 0.6 is 0 Å². The van der Waals surface area contributed by atoms with Crippen molar-refractivity contribution in [2.75, 3.05) is 5.32 Å². The van der Waals surface area contributed by atoms with Crippen LogP contribution in [-0.4, -0.2) is 0 Å². The van der Waals surface area contributed by atoms with Gasteiger partial charge in [-0.2, -0.15) is 0 Å². The second kappa shape index (κ2) is 13.2. The summed E-state index contributed by atoms with van der Waals surface area (Å²) in [5.41, 5.74) is 19.2. The van der Waals surface area contributed by atoms with Gasteiger partial charge in [0, 0.05) is 11.4 Å². The molecular weight excluding hydrogens is 687 g/mol. The second-order valence-corrected chi connectivity index (χ2v) is 15.3. The molecule has 0 atom stereocenters. The topological polar surface area (TPSA) is 12.0 Å². The Balaban J connectivity index is 0.986. The van der Waals surface area contributed by atoms with Gasteiger partial charge in [0.25, 0.3) is 0 Å². The van der Waals surface area contributed by atoms with Crippen LogP contribution in [0.4, 0.5) is 11.4 Å². The molecule has 268 valence electrons. The molecule has 57 heavy (non-hydrogen) atoms. The molecule has 0 saturated heterocycles. The molecule has 1 heteroatoms. The van der Waals surface area contributed by atoms with Crippen molar-refractivity contribution in [1.82, 2.24) is 0 Å². The van der Waals surface area contributed by atoms with Crippen molar-refractivity contribution in [2.24, 2.45) is 0 Å². The first-order chi connectivity index (χ1) is 28.3. The summed E-state index contributed by atoms with van der Waals surface area (Å²) in [5.74, 6) is 0. The van der Waals surface area contributed by atoms with E-state index in [0.717, 1.165) is 11.4 Å². The number of anilines is 2. The molecule has 0 bridgehead atoms. The molecule has 0 amide bonds. The normalized spacial score (nSPS) is 13.9. The maximum atomic E-state index is 3.79. The van der Waals surface area contributed by atoms with Crippen molar-refractivity contribution in [3.63, 3.8) is 0 Å². The van der Waals surface area contributed by atoms with Gasteiger partial charge in [-0.15, -0.1) is 0 Å². The fraction of sp³-hybridized carbons (Fsp3) is 0.0357. The van der Waals surface area contributed by atoms with Gasteiger partial charge in [-0.25, -0.2) is 0 Å². The number of rotatable bonds is 7. The van der Waals surface area contributed by atoms with E-state index in [-0.39, 0.29) is 0 Å². The zero-order chi connectivity index (χ0) is 37.8. The molecule has 1 nitrogen and oxygen atoms in total. The standard InChI is InChI=1S/C56H39N/c1-5-17-41(18-6-1)55(42-19-7-2-8-20-42)51-27-15-13-25-47(51)49-35-31-40(37-53(49)55)39-29-32-45(33-30-39)57-46-34-36-50-48-26-14-16-28-52(48)56(54(50)38-46,43-21-9-3-10-22-43)44-23-11-4-12-24-44/h1-38,57H. The number of benzene rings is 9. The molecule has 1 N–H and O–H groups in total. The van der Waals surface area contributed by atoms with Crippen molar-refractivity contribution in [1.29, 1.82) is 0 Å². The molecule has 0 fully saturated rings. The SMILES string of the molecule is c1ccc(C2(c3ccccc3)c3ccccc3-c3ccc(Nc4ccc(-c5ccc6c(c5)C(c5ccccc5)(c5ccccc5)c5ccccc5-6)cc4)cc32)cc1. The maximum absolute atomic E-state index is 3.79. The minimum atomic E-state index is -0.433. The first-order valence-electron chi connectivity index (χ1n) is 19.8. The van der Waals surface area contributed by atoms with Crippen molar-refractivity contribution < 1.29 is 0 Å². The Hall–Kier alpha value is -7.22. The fourth-order valence-corrected chi connectivity index (χ4v) is 10.1. The van der Waals surface area contributed by atoms with E-state index in [1.807, 2.05) is 0 Å². The molecule has 11 rings (SSSR count). The van der Waals surface area contributed by atoms with E-state index in [2.05, 4.69) is 236 Å². The first-order valence-corrected chi connectivity index (χ1v) is 19.8. The van der Waals surface area contributed by atoms with E-state index in [1.165, 1.54) is 77.9 Å². The Labute approximate surface area is 334 Å². The van der Waals surface area contributed by atoms with Crippen molar-refractivity contribution in [2.45, 2.75) is 10.8 Å². The van der Waals surface area contributed by atoms with E-state index in [9.17, 15) is 0 Å². The molecule has 2 aliphatic carbocycles. The van der Waals surface area contributed by atoms with Crippen LogP contribution in [0.1, 0.15) is 44.5 Å². The average molecular weight is 726 g/mol. The van der Waals surface area contributed by atoms with Gasteiger partial charge >= 0.3 is 0 Å². The van der Waals surface area contributed by atoms with Gasteiger partial charge in [-0.3, -0.25) is 0 Å². The Morgan fingerprint density at radius 2 is 0.596 bits per heavy atom. The molecule has 0 unspecified atom stereocenters. The molecule has 9 aromatic carbocycles. The van der Waals surface area contributed by atoms with E-state index >= 15 is 0 Å². The lowest BCUT2D eigenvalue weighted by atomic mass is 9.67. The van der Waals surface area contributed by atoms with Gasteiger partial charge in [0.1, 0.15) is 0 Å². The summed E-state index contributed by atoms with van der Waals surface area (Å²) < 4.78 is 0. The molecule has 0 radical (unpaired) electrons. The van der Waals surface area contributed by atoms with Crippen molar-refractivity contribution >= 4 is 11.4 Å². The quantitative estimate of drug-likeness (QED) is 0.172. The lowest BCUT2D eigenvalue weighted by Crippen LogP contribution is -2.28. The van der Waals surface area contributed by atoms with Crippen LogP contribution < -0.4 is 5.32 Å². The Bertz CT molecular complexity index is 2820. The summed E-state index contributed by atoms with van der Waals surface area (Å²) in [4.78, 5) is 0. The highest BCUT2D eigenvalue weighted by molar-refractivity contribution is 5.90. The summed E-state index contributed by atoms with van der Waals surface area (Å²) in [7, 11) is 0. The predicted octanol–water partition coefficient (Wildman–Crippen LogP) is 13.8. The summed E-state index contributed by atoms with van der Waals surface area (Å²) in [6.07, 6.45) is 0. The zero-order valence-electron chi connectivity index (χ0n) is 31.4.